The van der Waals surface area contributed by atoms with Crippen molar-refractivity contribution in [2.45, 2.75) is 18.7 Å². The number of benzene rings is 1. The van der Waals surface area contributed by atoms with Crippen LogP contribution in [0.15, 0.2) is 23.1 Å². The molecule has 0 saturated heterocycles. The van der Waals surface area contributed by atoms with E-state index in [-0.39, 0.29) is 22.1 Å². The van der Waals surface area contributed by atoms with Crippen molar-refractivity contribution >= 4 is 15.9 Å². The molecule has 0 aliphatic heterocycles. The van der Waals surface area contributed by atoms with Crippen LogP contribution in [0.1, 0.15) is 24.2 Å². The van der Waals surface area contributed by atoms with E-state index in [1.807, 2.05) is 13.8 Å². The van der Waals surface area contributed by atoms with Crippen LogP contribution in [0, 0.1) is 5.92 Å². The number of hydrogen-bond acceptors (Lipinski definition) is 4. The van der Waals surface area contributed by atoms with Crippen molar-refractivity contribution in [1.29, 1.82) is 0 Å². The predicted octanol–water partition coefficient (Wildman–Crippen LogP) is 1.33. The molecular formula is C14H22N2O4S. The first-order valence-corrected chi connectivity index (χ1v) is 8.03. The molecule has 0 bridgehead atoms. The van der Waals surface area contributed by atoms with Crippen LogP contribution in [0.4, 0.5) is 0 Å². The number of amides is 1. The van der Waals surface area contributed by atoms with E-state index in [1.165, 1.54) is 33.3 Å². The van der Waals surface area contributed by atoms with Gasteiger partial charge in [-0.2, -0.15) is 0 Å². The molecule has 0 fully saturated rings. The number of nitrogens with zero attached hydrogens (tertiary/aromatic N) is 1. The Morgan fingerprint density at radius 3 is 2.43 bits per heavy atom. The van der Waals surface area contributed by atoms with Gasteiger partial charge in [-0.15, -0.1) is 0 Å². The van der Waals surface area contributed by atoms with Crippen molar-refractivity contribution < 1.29 is 17.9 Å². The summed E-state index contributed by atoms with van der Waals surface area (Å²) in [4.78, 5) is 12.0. The number of methoxy groups -OCH3 is 1. The fraction of sp³-hybridized carbons (Fsp3) is 0.500. The summed E-state index contributed by atoms with van der Waals surface area (Å²) in [6.07, 6.45) is 0. The largest absolute Gasteiger partial charge is 0.495 e. The molecular weight excluding hydrogens is 292 g/mol. The standard InChI is InChI=1S/C14H22N2O4S/c1-10(2)9-15-14(17)11-6-7-12(20-5)13(8-11)21(18,19)16(3)4/h6-8,10H,9H2,1-5H3,(H,15,17). The lowest BCUT2D eigenvalue weighted by Crippen LogP contribution is -2.28. The number of sulfonamides is 1. The fourth-order valence-corrected chi connectivity index (χ4v) is 2.69. The van der Waals surface area contributed by atoms with Crippen molar-refractivity contribution in [3.8, 4) is 5.75 Å². The van der Waals surface area contributed by atoms with Crippen LogP contribution >= 0.6 is 0 Å². The van der Waals surface area contributed by atoms with Crippen molar-refractivity contribution in [3.63, 3.8) is 0 Å². The van der Waals surface area contributed by atoms with Crippen molar-refractivity contribution in [1.82, 2.24) is 9.62 Å². The van der Waals surface area contributed by atoms with E-state index in [2.05, 4.69) is 5.32 Å². The number of hydrogen-bond donors (Lipinski definition) is 1. The third-order valence-corrected chi connectivity index (χ3v) is 4.69. The molecule has 0 atom stereocenters. The Balaban J connectivity index is 3.20. The second-order valence-corrected chi connectivity index (χ2v) is 7.38. The lowest BCUT2D eigenvalue weighted by molar-refractivity contribution is 0.0948. The maximum absolute atomic E-state index is 12.3. The van der Waals surface area contributed by atoms with Gasteiger partial charge in [0.1, 0.15) is 10.6 Å². The minimum atomic E-state index is -3.68. The maximum Gasteiger partial charge on any atom is 0.251 e. The monoisotopic (exact) mass is 314 g/mol. The summed E-state index contributed by atoms with van der Waals surface area (Å²) >= 11 is 0. The normalized spacial score (nSPS) is 11.8. The van der Waals surface area contributed by atoms with Crippen molar-refractivity contribution in [2.24, 2.45) is 5.92 Å². The molecule has 0 radical (unpaired) electrons. The van der Waals surface area contributed by atoms with E-state index in [0.29, 0.717) is 12.5 Å². The van der Waals surface area contributed by atoms with E-state index in [1.54, 1.807) is 6.07 Å². The topological polar surface area (TPSA) is 75.7 Å². The van der Waals surface area contributed by atoms with E-state index >= 15 is 0 Å². The Bertz CT molecular complexity index is 609. The molecule has 1 rings (SSSR count). The highest BCUT2D eigenvalue weighted by Crippen LogP contribution is 2.26. The van der Waals surface area contributed by atoms with Gasteiger partial charge in [0, 0.05) is 26.2 Å². The highest BCUT2D eigenvalue weighted by molar-refractivity contribution is 7.89. The van der Waals surface area contributed by atoms with Gasteiger partial charge in [-0.25, -0.2) is 12.7 Å². The first kappa shape index (κ1) is 17.5. The number of nitrogens with one attached hydrogen (secondary N) is 1. The molecule has 0 aliphatic carbocycles. The van der Waals surface area contributed by atoms with Gasteiger partial charge in [0.05, 0.1) is 7.11 Å². The fourth-order valence-electron chi connectivity index (χ4n) is 1.62. The predicted molar refractivity (Wildman–Crippen MR) is 81.0 cm³/mol. The van der Waals surface area contributed by atoms with Gasteiger partial charge >= 0.3 is 0 Å². The maximum atomic E-state index is 12.3. The molecule has 7 heteroatoms. The Kier molecular flexibility index (Phi) is 5.74. The molecule has 21 heavy (non-hydrogen) atoms. The third kappa shape index (κ3) is 4.18. The van der Waals surface area contributed by atoms with Gasteiger partial charge in [0.15, 0.2) is 0 Å². The van der Waals surface area contributed by atoms with Crippen LogP contribution in [-0.4, -0.2) is 46.4 Å². The quantitative estimate of drug-likeness (QED) is 0.859. The highest BCUT2D eigenvalue weighted by atomic mass is 32.2. The molecule has 0 heterocycles. The zero-order valence-corrected chi connectivity index (χ0v) is 13.8. The molecule has 0 saturated carbocycles. The van der Waals surface area contributed by atoms with Gasteiger partial charge in [0.2, 0.25) is 10.0 Å². The van der Waals surface area contributed by atoms with Gasteiger partial charge in [-0.3, -0.25) is 4.79 Å². The lowest BCUT2D eigenvalue weighted by atomic mass is 10.2. The molecule has 0 aliphatic rings. The van der Waals surface area contributed by atoms with Crippen molar-refractivity contribution in [3.05, 3.63) is 23.8 Å². The minimum absolute atomic E-state index is 0.0211. The van der Waals surface area contributed by atoms with Crippen molar-refractivity contribution in [2.75, 3.05) is 27.7 Å². The molecule has 1 N–H and O–H groups in total. The van der Waals surface area contributed by atoms with Gasteiger partial charge in [-0.05, 0) is 24.1 Å². The molecule has 118 valence electrons. The summed E-state index contributed by atoms with van der Waals surface area (Å²) in [5, 5.41) is 2.76. The molecule has 1 amide bonds. The summed E-state index contributed by atoms with van der Waals surface area (Å²) < 4.78 is 30.7. The number of rotatable bonds is 6. The van der Waals surface area contributed by atoms with Crippen LogP contribution in [-0.2, 0) is 10.0 Å². The number of ether oxygens (including phenoxy) is 1. The summed E-state index contributed by atoms with van der Waals surface area (Å²) in [7, 11) is 0.574. The van der Waals surface area contributed by atoms with Crippen LogP contribution in [0.5, 0.6) is 5.75 Å². The molecule has 0 aromatic heterocycles. The number of carbonyl (C=O) groups excluding carboxylic acids is 1. The van der Waals surface area contributed by atoms with E-state index in [4.69, 9.17) is 4.74 Å². The summed E-state index contributed by atoms with van der Waals surface area (Å²) in [5.41, 5.74) is 0.289. The Morgan fingerprint density at radius 1 is 1.33 bits per heavy atom. The summed E-state index contributed by atoms with van der Waals surface area (Å²) in [6, 6.07) is 4.37. The van der Waals surface area contributed by atoms with E-state index in [0.717, 1.165) is 4.31 Å². The van der Waals surface area contributed by atoms with E-state index in [9.17, 15) is 13.2 Å². The molecule has 1 aromatic rings. The zero-order chi connectivity index (χ0) is 16.2. The van der Waals surface area contributed by atoms with Crippen LogP contribution in [0.25, 0.3) is 0 Å². The summed E-state index contributed by atoms with van der Waals surface area (Å²) in [5.74, 6) is 0.225. The van der Waals surface area contributed by atoms with Gasteiger partial charge < -0.3 is 10.1 Å². The summed E-state index contributed by atoms with van der Waals surface area (Å²) in [6.45, 7) is 4.49. The lowest BCUT2D eigenvalue weighted by Gasteiger charge is -2.15. The smallest absolute Gasteiger partial charge is 0.251 e. The van der Waals surface area contributed by atoms with Crippen LogP contribution in [0.2, 0.25) is 0 Å². The highest BCUT2D eigenvalue weighted by Gasteiger charge is 2.23. The third-order valence-electron chi connectivity index (χ3n) is 2.86. The molecule has 0 unspecified atom stereocenters. The molecule has 0 spiro atoms. The van der Waals surface area contributed by atoms with Crippen LogP contribution in [0.3, 0.4) is 0 Å². The van der Waals surface area contributed by atoms with Crippen LogP contribution < -0.4 is 10.1 Å². The minimum Gasteiger partial charge on any atom is -0.495 e. The SMILES string of the molecule is COc1ccc(C(=O)NCC(C)C)cc1S(=O)(=O)N(C)C. The van der Waals surface area contributed by atoms with E-state index < -0.39 is 10.0 Å². The second kappa shape index (κ2) is 6.91. The van der Waals surface area contributed by atoms with Gasteiger partial charge in [-0.1, -0.05) is 13.8 Å². The Labute approximate surface area is 126 Å². The molecule has 6 nitrogen and oxygen atoms in total. The second-order valence-electron chi connectivity index (χ2n) is 5.26. The molecule has 1 aromatic carbocycles. The number of carbonyl (C=O) groups is 1. The zero-order valence-electron chi connectivity index (χ0n) is 13.0. The Morgan fingerprint density at radius 2 is 1.95 bits per heavy atom. The first-order chi connectivity index (χ1) is 9.70. The average molecular weight is 314 g/mol. The average Bonchev–Trinajstić information content (AvgIpc) is 2.43. The van der Waals surface area contributed by atoms with Gasteiger partial charge in [0.25, 0.3) is 5.91 Å². The first-order valence-electron chi connectivity index (χ1n) is 6.59. The Hall–Kier alpha value is -1.60.